The number of fused-ring (bicyclic) bond motifs is 1. The Bertz CT molecular complexity index is 510. The van der Waals surface area contributed by atoms with Crippen molar-refractivity contribution in [2.75, 3.05) is 5.32 Å². The van der Waals surface area contributed by atoms with Crippen LogP contribution >= 0.6 is 0 Å². The Morgan fingerprint density at radius 3 is 2.53 bits per heavy atom. The average molecular weight is 225 g/mol. The van der Waals surface area contributed by atoms with Crippen LogP contribution in [0.1, 0.15) is 36.4 Å². The lowest BCUT2D eigenvalue weighted by Gasteiger charge is -2.13. The predicted molar refractivity (Wildman–Crippen MR) is 67.9 cm³/mol. The van der Waals surface area contributed by atoms with Gasteiger partial charge in [-0.2, -0.15) is 0 Å². The first-order valence-corrected chi connectivity index (χ1v) is 5.97. The molecule has 3 heteroatoms. The number of aromatic nitrogens is 2. The summed E-state index contributed by atoms with van der Waals surface area (Å²) >= 11 is 0. The maximum Gasteiger partial charge on any atom is 0.223 e. The molecule has 0 aliphatic heterocycles. The summed E-state index contributed by atoms with van der Waals surface area (Å²) in [6, 6.07) is 10.8. The Balaban J connectivity index is 1.87. The first-order chi connectivity index (χ1) is 8.34. The fourth-order valence-corrected chi connectivity index (χ4v) is 2.55. The number of benzene rings is 1. The maximum absolute atomic E-state index is 4.22. The lowest BCUT2D eigenvalue weighted by molar-refractivity contribution is 0.666. The zero-order valence-corrected chi connectivity index (χ0v) is 9.80. The molecule has 0 saturated carbocycles. The normalized spacial score (nSPS) is 22.2. The van der Waals surface area contributed by atoms with E-state index in [1.165, 1.54) is 11.1 Å². The summed E-state index contributed by atoms with van der Waals surface area (Å²) in [5, 5.41) is 3.41. The molecular formula is C14H15N3. The van der Waals surface area contributed by atoms with Gasteiger partial charge in [-0.05, 0) is 29.5 Å². The van der Waals surface area contributed by atoms with Crippen LogP contribution in [0, 0.1) is 0 Å². The van der Waals surface area contributed by atoms with Crippen LogP contribution in [-0.2, 0) is 0 Å². The molecule has 0 fully saturated rings. The van der Waals surface area contributed by atoms with E-state index in [1.54, 1.807) is 12.4 Å². The third kappa shape index (κ3) is 1.88. The fraction of sp³-hybridized carbons (Fsp3) is 0.286. The number of hydrogen-bond donors (Lipinski definition) is 1. The Labute approximate surface area is 101 Å². The van der Waals surface area contributed by atoms with Gasteiger partial charge in [-0.1, -0.05) is 31.2 Å². The lowest BCUT2D eigenvalue weighted by atomic mass is 10.0. The van der Waals surface area contributed by atoms with Crippen molar-refractivity contribution in [3.8, 4) is 0 Å². The van der Waals surface area contributed by atoms with E-state index in [4.69, 9.17) is 0 Å². The second-order valence-corrected chi connectivity index (χ2v) is 4.53. The first kappa shape index (κ1) is 10.3. The zero-order valence-electron chi connectivity index (χ0n) is 9.80. The van der Waals surface area contributed by atoms with Gasteiger partial charge in [0.1, 0.15) is 0 Å². The summed E-state index contributed by atoms with van der Waals surface area (Å²) in [5.74, 6) is 1.31. The molecular weight excluding hydrogens is 210 g/mol. The Kier molecular flexibility index (Phi) is 2.52. The second kappa shape index (κ2) is 4.17. The van der Waals surface area contributed by atoms with Crippen LogP contribution in [0.25, 0.3) is 0 Å². The highest BCUT2D eigenvalue weighted by atomic mass is 15.1. The van der Waals surface area contributed by atoms with Crippen LogP contribution in [0.5, 0.6) is 0 Å². The van der Waals surface area contributed by atoms with Crippen molar-refractivity contribution in [1.29, 1.82) is 0 Å². The summed E-state index contributed by atoms with van der Waals surface area (Å²) < 4.78 is 0. The van der Waals surface area contributed by atoms with Crippen LogP contribution in [0.15, 0.2) is 42.7 Å². The highest BCUT2D eigenvalue weighted by molar-refractivity contribution is 5.42. The van der Waals surface area contributed by atoms with Crippen molar-refractivity contribution in [3.05, 3.63) is 53.9 Å². The van der Waals surface area contributed by atoms with Crippen LogP contribution in [0.3, 0.4) is 0 Å². The first-order valence-electron chi connectivity index (χ1n) is 5.97. The van der Waals surface area contributed by atoms with E-state index in [9.17, 15) is 0 Å². The highest BCUT2D eigenvalue weighted by Crippen LogP contribution is 2.40. The molecule has 0 radical (unpaired) electrons. The molecule has 86 valence electrons. The monoisotopic (exact) mass is 225 g/mol. The van der Waals surface area contributed by atoms with Gasteiger partial charge < -0.3 is 5.32 Å². The van der Waals surface area contributed by atoms with E-state index in [1.807, 2.05) is 6.07 Å². The van der Waals surface area contributed by atoms with Gasteiger partial charge in [-0.25, -0.2) is 9.97 Å². The fourth-order valence-electron chi connectivity index (χ4n) is 2.55. The lowest BCUT2D eigenvalue weighted by Crippen LogP contribution is -2.09. The van der Waals surface area contributed by atoms with Crippen LogP contribution < -0.4 is 5.32 Å². The van der Waals surface area contributed by atoms with Crippen molar-refractivity contribution in [2.45, 2.75) is 25.3 Å². The van der Waals surface area contributed by atoms with Gasteiger partial charge in [-0.15, -0.1) is 0 Å². The van der Waals surface area contributed by atoms with Crippen LogP contribution in [-0.4, -0.2) is 9.97 Å². The third-order valence-corrected chi connectivity index (χ3v) is 3.36. The molecule has 0 saturated heterocycles. The number of nitrogens with zero attached hydrogens (tertiary/aromatic N) is 2. The Morgan fingerprint density at radius 1 is 1.06 bits per heavy atom. The average Bonchev–Trinajstić information content (AvgIpc) is 2.69. The molecule has 0 bridgehead atoms. The molecule has 2 aromatic rings. The van der Waals surface area contributed by atoms with Crippen LogP contribution in [0.4, 0.5) is 5.95 Å². The summed E-state index contributed by atoms with van der Waals surface area (Å²) in [4.78, 5) is 8.44. The van der Waals surface area contributed by atoms with E-state index in [0.29, 0.717) is 17.9 Å². The van der Waals surface area contributed by atoms with Gasteiger partial charge >= 0.3 is 0 Å². The largest absolute Gasteiger partial charge is 0.347 e. The van der Waals surface area contributed by atoms with Gasteiger partial charge in [-0.3, -0.25) is 0 Å². The van der Waals surface area contributed by atoms with Crippen molar-refractivity contribution in [2.24, 2.45) is 0 Å². The van der Waals surface area contributed by atoms with E-state index in [-0.39, 0.29) is 0 Å². The van der Waals surface area contributed by atoms with E-state index in [0.717, 1.165) is 6.42 Å². The van der Waals surface area contributed by atoms with Crippen molar-refractivity contribution in [1.82, 2.24) is 9.97 Å². The molecule has 1 aromatic heterocycles. The standard InChI is InChI=1S/C14H15N3/c1-10-9-13(12-6-3-2-5-11(10)12)17-14-15-7-4-8-16-14/h2-8,10,13H,9H2,1H3,(H,15,16,17). The number of hydrogen-bond acceptors (Lipinski definition) is 3. The molecule has 0 spiro atoms. The summed E-state index contributed by atoms with van der Waals surface area (Å²) in [5.41, 5.74) is 2.83. The number of anilines is 1. The molecule has 1 aliphatic carbocycles. The van der Waals surface area contributed by atoms with Gasteiger partial charge in [0.15, 0.2) is 0 Å². The SMILES string of the molecule is CC1CC(Nc2ncccn2)c2ccccc21. The summed E-state index contributed by atoms with van der Waals surface area (Å²) in [7, 11) is 0. The molecule has 1 aromatic carbocycles. The second-order valence-electron chi connectivity index (χ2n) is 4.53. The van der Waals surface area contributed by atoms with E-state index >= 15 is 0 Å². The Morgan fingerprint density at radius 2 is 1.76 bits per heavy atom. The molecule has 1 N–H and O–H groups in total. The quantitative estimate of drug-likeness (QED) is 0.853. The minimum atomic E-state index is 0.337. The molecule has 3 rings (SSSR count). The minimum Gasteiger partial charge on any atom is -0.347 e. The van der Waals surface area contributed by atoms with E-state index < -0.39 is 0 Å². The van der Waals surface area contributed by atoms with Gasteiger partial charge in [0, 0.05) is 12.4 Å². The predicted octanol–water partition coefficient (Wildman–Crippen LogP) is 3.14. The van der Waals surface area contributed by atoms with E-state index in [2.05, 4.69) is 46.5 Å². The topological polar surface area (TPSA) is 37.8 Å². The minimum absolute atomic E-state index is 0.337. The molecule has 17 heavy (non-hydrogen) atoms. The third-order valence-electron chi connectivity index (χ3n) is 3.36. The zero-order chi connectivity index (χ0) is 11.7. The Hall–Kier alpha value is -1.90. The van der Waals surface area contributed by atoms with Gasteiger partial charge in [0.05, 0.1) is 6.04 Å². The number of nitrogens with one attached hydrogen (secondary N) is 1. The van der Waals surface area contributed by atoms with Gasteiger partial charge in [0.25, 0.3) is 0 Å². The van der Waals surface area contributed by atoms with Gasteiger partial charge in [0.2, 0.25) is 5.95 Å². The van der Waals surface area contributed by atoms with Crippen LogP contribution in [0.2, 0.25) is 0 Å². The highest BCUT2D eigenvalue weighted by Gasteiger charge is 2.27. The molecule has 1 heterocycles. The van der Waals surface area contributed by atoms with Crippen molar-refractivity contribution in [3.63, 3.8) is 0 Å². The van der Waals surface area contributed by atoms with Crippen molar-refractivity contribution < 1.29 is 0 Å². The maximum atomic E-state index is 4.22. The number of rotatable bonds is 2. The molecule has 1 aliphatic rings. The summed E-state index contributed by atoms with van der Waals surface area (Å²) in [6.45, 7) is 2.27. The summed E-state index contributed by atoms with van der Waals surface area (Å²) in [6.07, 6.45) is 4.64. The molecule has 2 atom stereocenters. The van der Waals surface area contributed by atoms with Crippen molar-refractivity contribution >= 4 is 5.95 Å². The molecule has 3 nitrogen and oxygen atoms in total. The smallest absolute Gasteiger partial charge is 0.223 e. The molecule has 2 unspecified atom stereocenters. The molecule has 0 amide bonds.